The van der Waals surface area contributed by atoms with E-state index in [9.17, 15) is 9.59 Å². The van der Waals surface area contributed by atoms with Crippen LogP contribution < -0.4 is 24.4 Å². The van der Waals surface area contributed by atoms with E-state index in [2.05, 4.69) is 10.3 Å². The molecular weight excluding hydrogens is 470 g/mol. The monoisotopic (exact) mass is 497 g/mol. The average Bonchev–Trinajstić information content (AvgIpc) is 3.34. The number of hydrogen-bond donors (Lipinski definition) is 1. The molecule has 1 N–H and O–H groups in total. The summed E-state index contributed by atoms with van der Waals surface area (Å²) in [6.45, 7) is 2.08. The van der Waals surface area contributed by atoms with Crippen LogP contribution in [0.3, 0.4) is 0 Å². The predicted molar refractivity (Wildman–Crippen MR) is 134 cm³/mol. The van der Waals surface area contributed by atoms with E-state index in [1.807, 2.05) is 17.5 Å². The van der Waals surface area contributed by atoms with Gasteiger partial charge in [0.1, 0.15) is 23.8 Å². The van der Waals surface area contributed by atoms with Crippen LogP contribution in [-0.2, 0) is 20.7 Å². The summed E-state index contributed by atoms with van der Waals surface area (Å²) >= 11 is 1.55. The second kappa shape index (κ2) is 10.7. The lowest BCUT2D eigenvalue weighted by molar-refractivity contribution is -0.127. The van der Waals surface area contributed by atoms with Crippen LogP contribution in [-0.4, -0.2) is 57.4 Å². The topological polar surface area (TPSA) is 99.2 Å². The number of methoxy groups -OCH3 is 3. The zero-order valence-corrected chi connectivity index (χ0v) is 20.8. The largest absolute Gasteiger partial charge is 0.497 e. The minimum atomic E-state index is -0.711. The van der Waals surface area contributed by atoms with Gasteiger partial charge in [-0.1, -0.05) is 0 Å². The lowest BCUT2D eigenvalue weighted by atomic mass is 10.1. The molecule has 0 spiro atoms. The van der Waals surface area contributed by atoms with Gasteiger partial charge in [-0.3, -0.25) is 14.5 Å². The van der Waals surface area contributed by atoms with Gasteiger partial charge in [-0.2, -0.15) is 0 Å². The molecule has 35 heavy (non-hydrogen) atoms. The molecule has 2 aromatic carbocycles. The summed E-state index contributed by atoms with van der Waals surface area (Å²) in [5.74, 6) is 0.916. The minimum Gasteiger partial charge on any atom is -0.497 e. The van der Waals surface area contributed by atoms with Gasteiger partial charge in [-0.25, -0.2) is 4.98 Å². The first-order chi connectivity index (χ1) is 16.9. The molecule has 10 heteroatoms. The predicted octanol–water partition coefficient (Wildman–Crippen LogP) is 3.77. The summed E-state index contributed by atoms with van der Waals surface area (Å²) in [6, 6.07) is 10.6. The van der Waals surface area contributed by atoms with Gasteiger partial charge in [0.15, 0.2) is 6.10 Å². The minimum absolute atomic E-state index is 0.186. The second-order valence-corrected chi connectivity index (χ2v) is 8.79. The van der Waals surface area contributed by atoms with E-state index >= 15 is 0 Å². The van der Waals surface area contributed by atoms with Crippen molar-refractivity contribution in [2.75, 3.05) is 44.7 Å². The lowest BCUT2D eigenvalue weighted by Gasteiger charge is -2.33. The number of fused-ring (bicyclic) bond motifs is 1. The molecule has 9 nitrogen and oxygen atoms in total. The fourth-order valence-electron chi connectivity index (χ4n) is 3.71. The van der Waals surface area contributed by atoms with Gasteiger partial charge >= 0.3 is 0 Å². The highest BCUT2D eigenvalue weighted by molar-refractivity contribution is 7.09. The van der Waals surface area contributed by atoms with Gasteiger partial charge in [-0.05, 0) is 37.3 Å². The summed E-state index contributed by atoms with van der Waals surface area (Å²) in [6.07, 6.45) is 0.0170. The number of aromatic nitrogens is 1. The number of anilines is 2. The fourth-order valence-corrected chi connectivity index (χ4v) is 4.50. The van der Waals surface area contributed by atoms with Crippen molar-refractivity contribution in [2.24, 2.45) is 0 Å². The van der Waals surface area contributed by atoms with Crippen LogP contribution in [0.4, 0.5) is 11.4 Å². The Balaban J connectivity index is 1.58. The Bertz CT molecular complexity index is 1230. The van der Waals surface area contributed by atoms with Crippen molar-refractivity contribution in [2.45, 2.75) is 19.4 Å². The average molecular weight is 498 g/mol. The summed E-state index contributed by atoms with van der Waals surface area (Å²) in [5.41, 5.74) is 2.63. The van der Waals surface area contributed by atoms with Crippen molar-refractivity contribution in [3.05, 3.63) is 46.8 Å². The van der Waals surface area contributed by atoms with Gasteiger partial charge in [0.2, 0.25) is 5.91 Å². The number of benzene rings is 2. The second-order valence-electron chi connectivity index (χ2n) is 7.85. The van der Waals surface area contributed by atoms with Crippen LogP contribution in [0.1, 0.15) is 11.9 Å². The van der Waals surface area contributed by atoms with E-state index in [-0.39, 0.29) is 18.4 Å². The number of carbonyl (C=O) groups is 2. The van der Waals surface area contributed by atoms with E-state index in [4.69, 9.17) is 18.9 Å². The highest BCUT2D eigenvalue weighted by atomic mass is 32.1. The first-order valence-corrected chi connectivity index (χ1v) is 11.9. The molecular formula is C25H27N3O6S. The molecule has 1 atom stereocenters. The Hall–Kier alpha value is -3.63. The molecule has 0 saturated carbocycles. The van der Waals surface area contributed by atoms with Crippen LogP contribution in [0.15, 0.2) is 41.8 Å². The third-order valence-electron chi connectivity index (χ3n) is 5.52. The van der Waals surface area contributed by atoms with Gasteiger partial charge in [0.25, 0.3) is 5.91 Å². The van der Waals surface area contributed by atoms with Crippen molar-refractivity contribution in [1.29, 1.82) is 0 Å². The zero-order chi connectivity index (χ0) is 24.9. The maximum Gasteiger partial charge on any atom is 0.268 e. The van der Waals surface area contributed by atoms with Crippen LogP contribution in [0, 0.1) is 0 Å². The number of carbonyl (C=O) groups excluding carboxylic acids is 2. The van der Waals surface area contributed by atoms with E-state index in [1.165, 1.54) is 12.0 Å². The molecule has 1 aliphatic heterocycles. The zero-order valence-electron chi connectivity index (χ0n) is 20.0. The van der Waals surface area contributed by atoms with Crippen LogP contribution in [0.5, 0.6) is 17.2 Å². The third kappa shape index (κ3) is 5.39. The number of rotatable bonds is 9. The van der Waals surface area contributed by atoms with E-state index in [1.54, 1.807) is 56.7 Å². The molecule has 0 bridgehead atoms. The first kappa shape index (κ1) is 24.5. The number of thiazole rings is 1. The highest BCUT2D eigenvalue weighted by Gasteiger charge is 2.33. The van der Waals surface area contributed by atoms with Crippen LogP contribution in [0.25, 0.3) is 11.3 Å². The molecule has 4 rings (SSSR count). The molecule has 0 saturated heterocycles. The molecule has 1 unspecified atom stereocenters. The van der Waals surface area contributed by atoms with Crippen molar-refractivity contribution in [3.63, 3.8) is 0 Å². The van der Waals surface area contributed by atoms with Crippen LogP contribution in [0.2, 0.25) is 0 Å². The first-order valence-electron chi connectivity index (χ1n) is 11.0. The standard InChI is InChI=1S/C25H27N3O6S/c1-15-25(30)28(13-23(29)26-18-7-6-17(32-3)12-22(18)33-4)20-11-16(5-8-21(20)34-15)19-14-35-24(27-19)9-10-31-2/h5-8,11-12,14-15H,9-10,13H2,1-4H3,(H,26,29). The van der Waals surface area contributed by atoms with E-state index in [0.717, 1.165) is 22.7 Å². The Morgan fingerprint density at radius 1 is 1.17 bits per heavy atom. The molecule has 2 amide bonds. The molecule has 1 aliphatic rings. The highest BCUT2D eigenvalue weighted by Crippen LogP contribution is 2.38. The Morgan fingerprint density at radius 3 is 2.74 bits per heavy atom. The molecule has 2 heterocycles. The summed E-state index contributed by atoms with van der Waals surface area (Å²) < 4.78 is 21.5. The van der Waals surface area contributed by atoms with E-state index < -0.39 is 6.10 Å². The lowest BCUT2D eigenvalue weighted by Crippen LogP contribution is -2.47. The quantitative estimate of drug-likeness (QED) is 0.480. The summed E-state index contributed by atoms with van der Waals surface area (Å²) in [5, 5.41) is 5.75. The molecule has 0 fully saturated rings. The fraction of sp³-hybridized carbons (Fsp3) is 0.320. The van der Waals surface area contributed by atoms with Crippen molar-refractivity contribution in [1.82, 2.24) is 4.98 Å². The summed E-state index contributed by atoms with van der Waals surface area (Å²) in [4.78, 5) is 32.1. The maximum absolute atomic E-state index is 13.0. The number of amides is 2. The van der Waals surface area contributed by atoms with E-state index in [0.29, 0.717) is 35.2 Å². The van der Waals surface area contributed by atoms with Crippen molar-refractivity contribution < 1.29 is 28.5 Å². The Kier molecular flexibility index (Phi) is 7.52. The third-order valence-corrected chi connectivity index (χ3v) is 6.43. The van der Waals surface area contributed by atoms with Gasteiger partial charge in [0.05, 0.1) is 42.9 Å². The normalized spacial score (nSPS) is 14.8. The number of nitrogens with one attached hydrogen (secondary N) is 1. The van der Waals surface area contributed by atoms with Gasteiger partial charge in [0, 0.05) is 30.5 Å². The van der Waals surface area contributed by atoms with Crippen molar-refractivity contribution >= 4 is 34.5 Å². The SMILES string of the molecule is COCCc1nc(-c2ccc3c(c2)N(CC(=O)Nc2ccc(OC)cc2OC)C(=O)C(C)O3)cs1. The Morgan fingerprint density at radius 2 is 2.00 bits per heavy atom. The maximum atomic E-state index is 13.0. The number of ether oxygens (including phenoxy) is 4. The summed E-state index contributed by atoms with van der Waals surface area (Å²) in [7, 11) is 4.72. The molecule has 1 aromatic heterocycles. The molecule has 184 valence electrons. The van der Waals surface area contributed by atoms with Gasteiger partial charge in [-0.15, -0.1) is 11.3 Å². The molecule has 3 aromatic rings. The Labute approximate surface area is 207 Å². The van der Waals surface area contributed by atoms with Crippen LogP contribution >= 0.6 is 11.3 Å². The van der Waals surface area contributed by atoms with Gasteiger partial charge < -0.3 is 24.3 Å². The number of hydrogen-bond acceptors (Lipinski definition) is 8. The smallest absolute Gasteiger partial charge is 0.268 e. The van der Waals surface area contributed by atoms with Crippen molar-refractivity contribution in [3.8, 4) is 28.5 Å². The molecule has 0 aliphatic carbocycles. The molecule has 0 radical (unpaired) electrons. The number of nitrogens with zero attached hydrogens (tertiary/aromatic N) is 2.